The standard InChI is InChI=1S/C7H14N2/c1-6(2)3-4-7(9)5-8/h3-4H,5,8-9H2,1-2H3/b7-4-. The molecule has 4 N–H and O–H groups in total. The molecule has 0 aromatic carbocycles. The summed E-state index contributed by atoms with van der Waals surface area (Å²) in [6.07, 6.45) is 3.78. The Bertz CT molecular complexity index is 130. The fraction of sp³-hybridized carbons (Fsp3) is 0.429. The highest BCUT2D eigenvalue weighted by Crippen LogP contribution is 1.89. The van der Waals surface area contributed by atoms with Gasteiger partial charge in [0.2, 0.25) is 0 Å². The van der Waals surface area contributed by atoms with E-state index >= 15 is 0 Å². The molecule has 0 aromatic heterocycles. The quantitative estimate of drug-likeness (QED) is 0.536. The van der Waals surface area contributed by atoms with Crippen LogP contribution in [0.15, 0.2) is 23.4 Å². The molecule has 2 nitrogen and oxygen atoms in total. The van der Waals surface area contributed by atoms with Gasteiger partial charge >= 0.3 is 0 Å². The van der Waals surface area contributed by atoms with E-state index in [9.17, 15) is 0 Å². The van der Waals surface area contributed by atoms with Crippen molar-refractivity contribution in [1.29, 1.82) is 0 Å². The summed E-state index contributed by atoms with van der Waals surface area (Å²) in [6, 6.07) is 0. The van der Waals surface area contributed by atoms with Crippen molar-refractivity contribution in [3.8, 4) is 0 Å². The smallest absolute Gasteiger partial charge is 0.0326 e. The average Bonchev–Trinajstić information content (AvgIpc) is 1.83. The zero-order valence-corrected chi connectivity index (χ0v) is 6.02. The summed E-state index contributed by atoms with van der Waals surface area (Å²) in [4.78, 5) is 0. The molecule has 0 saturated carbocycles. The maximum absolute atomic E-state index is 5.41. The molecule has 0 aliphatic rings. The molecule has 9 heavy (non-hydrogen) atoms. The largest absolute Gasteiger partial charge is 0.401 e. The van der Waals surface area contributed by atoms with Gasteiger partial charge < -0.3 is 11.5 Å². The molecule has 0 saturated heterocycles. The molecular weight excluding hydrogens is 112 g/mol. The molecule has 0 aromatic rings. The van der Waals surface area contributed by atoms with Gasteiger partial charge in [-0.25, -0.2) is 0 Å². The molecule has 0 heterocycles. The Morgan fingerprint density at radius 3 is 2.22 bits per heavy atom. The first-order chi connectivity index (χ1) is 4.16. The number of allylic oxidation sites excluding steroid dienone is 3. The Labute approximate surface area is 56.2 Å². The monoisotopic (exact) mass is 126 g/mol. The average molecular weight is 126 g/mol. The van der Waals surface area contributed by atoms with E-state index in [4.69, 9.17) is 11.5 Å². The minimum absolute atomic E-state index is 0.434. The Kier molecular flexibility index (Phi) is 3.80. The number of rotatable bonds is 2. The van der Waals surface area contributed by atoms with Crippen LogP contribution in [-0.2, 0) is 0 Å². The lowest BCUT2D eigenvalue weighted by Gasteiger charge is -1.90. The van der Waals surface area contributed by atoms with Crippen LogP contribution in [0.4, 0.5) is 0 Å². The van der Waals surface area contributed by atoms with Gasteiger partial charge in [-0.1, -0.05) is 11.6 Å². The van der Waals surface area contributed by atoms with Gasteiger partial charge in [-0.05, 0) is 19.9 Å². The molecular formula is C7H14N2. The Hall–Kier alpha value is -0.760. The Balaban J connectivity index is 3.83. The highest BCUT2D eigenvalue weighted by molar-refractivity contribution is 5.13. The van der Waals surface area contributed by atoms with Crippen molar-refractivity contribution in [2.24, 2.45) is 11.5 Å². The number of hydrogen-bond donors (Lipinski definition) is 2. The van der Waals surface area contributed by atoms with Gasteiger partial charge in [0.05, 0.1) is 0 Å². The molecule has 0 aliphatic carbocycles. The van der Waals surface area contributed by atoms with Crippen molar-refractivity contribution in [2.75, 3.05) is 6.54 Å². The van der Waals surface area contributed by atoms with Crippen molar-refractivity contribution >= 4 is 0 Å². The number of hydrogen-bond acceptors (Lipinski definition) is 2. The molecule has 0 amide bonds. The van der Waals surface area contributed by atoms with Crippen LogP contribution in [0.2, 0.25) is 0 Å². The molecule has 0 unspecified atom stereocenters. The maximum atomic E-state index is 5.41. The van der Waals surface area contributed by atoms with Gasteiger partial charge in [-0.2, -0.15) is 0 Å². The summed E-state index contributed by atoms with van der Waals surface area (Å²) in [7, 11) is 0. The number of nitrogens with two attached hydrogens (primary N) is 2. The van der Waals surface area contributed by atoms with Crippen molar-refractivity contribution in [2.45, 2.75) is 13.8 Å². The first-order valence-electron chi connectivity index (χ1n) is 2.96. The Morgan fingerprint density at radius 2 is 1.89 bits per heavy atom. The molecule has 0 spiro atoms. The van der Waals surface area contributed by atoms with Crippen LogP contribution in [0.25, 0.3) is 0 Å². The molecule has 0 fully saturated rings. The molecule has 0 radical (unpaired) electrons. The van der Waals surface area contributed by atoms with Crippen LogP contribution in [-0.4, -0.2) is 6.54 Å². The van der Waals surface area contributed by atoms with E-state index in [1.807, 2.05) is 26.0 Å². The summed E-state index contributed by atoms with van der Waals surface area (Å²) < 4.78 is 0. The van der Waals surface area contributed by atoms with Crippen LogP contribution in [0, 0.1) is 0 Å². The highest BCUT2D eigenvalue weighted by Gasteiger charge is 1.78. The van der Waals surface area contributed by atoms with Crippen LogP contribution >= 0.6 is 0 Å². The third-order valence-corrected chi connectivity index (χ3v) is 0.866. The molecule has 0 bridgehead atoms. The second-order valence-electron chi connectivity index (χ2n) is 2.19. The van der Waals surface area contributed by atoms with Crippen LogP contribution in [0.5, 0.6) is 0 Å². The van der Waals surface area contributed by atoms with Gasteiger partial charge in [-0.3, -0.25) is 0 Å². The van der Waals surface area contributed by atoms with Gasteiger partial charge in [0, 0.05) is 12.2 Å². The zero-order valence-electron chi connectivity index (χ0n) is 6.02. The third kappa shape index (κ3) is 5.11. The SMILES string of the molecule is CC(C)=C/C=C(\N)CN. The van der Waals surface area contributed by atoms with Gasteiger partial charge in [0.1, 0.15) is 0 Å². The molecule has 0 atom stereocenters. The van der Waals surface area contributed by atoms with Gasteiger partial charge in [0.15, 0.2) is 0 Å². The second kappa shape index (κ2) is 4.15. The summed E-state index contributed by atoms with van der Waals surface area (Å²) in [5.74, 6) is 0. The van der Waals surface area contributed by atoms with Crippen molar-refractivity contribution in [3.63, 3.8) is 0 Å². The summed E-state index contributed by atoms with van der Waals surface area (Å²) >= 11 is 0. The van der Waals surface area contributed by atoms with E-state index in [0.717, 1.165) is 5.70 Å². The maximum Gasteiger partial charge on any atom is 0.0326 e. The predicted octanol–water partition coefficient (Wildman–Crippen LogP) is 0.754. The second-order valence-corrected chi connectivity index (χ2v) is 2.19. The molecule has 0 rings (SSSR count). The summed E-state index contributed by atoms with van der Waals surface area (Å²) in [5.41, 5.74) is 12.6. The topological polar surface area (TPSA) is 52.0 Å². The lowest BCUT2D eigenvalue weighted by atomic mass is 10.3. The Morgan fingerprint density at radius 1 is 1.33 bits per heavy atom. The van der Waals surface area contributed by atoms with E-state index in [-0.39, 0.29) is 0 Å². The van der Waals surface area contributed by atoms with Crippen LogP contribution in [0.3, 0.4) is 0 Å². The summed E-state index contributed by atoms with van der Waals surface area (Å²) in [6.45, 7) is 4.46. The first-order valence-corrected chi connectivity index (χ1v) is 2.96. The normalized spacial score (nSPS) is 11.2. The van der Waals surface area contributed by atoms with Gasteiger partial charge in [0.25, 0.3) is 0 Å². The zero-order chi connectivity index (χ0) is 7.28. The van der Waals surface area contributed by atoms with Crippen molar-refractivity contribution < 1.29 is 0 Å². The van der Waals surface area contributed by atoms with Crippen LogP contribution in [0.1, 0.15) is 13.8 Å². The van der Waals surface area contributed by atoms with E-state index in [2.05, 4.69) is 0 Å². The fourth-order valence-corrected chi connectivity index (χ4v) is 0.342. The highest BCUT2D eigenvalue weighted by atomic mass is 14.7. The minimum atomic E-state index is 0.434. The van der Waals surface area contributed by atoms with E-state index in [1.54, 1.807) is 0 Å². The van der Waals surface area contributed by atoms with Crippen LogP contribution < -0.4 is 11.5 Å². The molecule has 2 heteroatoms. The summed E-state index contributed by atoms with van der Waals surface area (Å²) in [5, 5.41) is 0. The lowest BCUT2D eigenvalue weighted by Crippen LogP contribution is -2.10. The van der Waals surface area contributed by atoms with Crippen molar-refractivity contribution in [1.82, 2.24) is 0 Å². The molecule has 0 aliphatic heterocycles. The lowest BCUT2D eigenvalue weighted by molar-refractivity contribution is 1.11. The fourth-order valence-electron chi connectivity index (χ4n) is 0.342. The predicted molar refractivity (Wildman–Crippen MR) is 40.8 cm³/mol. The minimum Gasteiger partial charge on any atom is -0.401 e. The van der Waals surface area contributed by atoms with E-state index in [0.29, 0.717) is 6.54 Å². The third-order valence-electron chi connectivity index (χ3n) is 0.866. The van der Waals surface area contributed by atoms with E-state index < -0.39 is 0 Å². The van der Waals surface area contributed by atoms with Crippen molar-refractivity contribution in [3.05, 3.63) is 23.4 Å². The molecule has 52 valence electrons. The first kappa shape index (κ1) is 8.24. The van der Waals surface area contributed by atoms with E-state index in [1.165, 1.54) is 5.57 Å². The van der Waals surface area contributed by atoms with Gasteiger partial charge in [-0.15, -0.1) is 0 Å².